The Morgan fingerprint density at radius 2 is 1.92 bits per heavy atom. The molecular weight excluding hydrogens is 445 g/mol. The Hall–Kier alpha value is -1.65. The van der Waals surface area contributed by atoms with Crippen molar-refractivity contribution in [2.24, 2.45) is 4.99 Å². The van der Waals surface area contributed by atoms with Gasteiger partial charge in [0.1, 0.15) is 19.0 Å². The summed E-state index contributed by atoms with van der Waals surface area (Å²) >= 11 is 0. The van der Waals surface area contributed by atoms with Crippen LogP contribution in [0, 0.1) is 11.6 Å². The number of nitrogens with one attached hydrogen (secondary N) is 2. The lowest BCUT2D eigenvalue weighted by molar-refractivity contribution is -0.127. The Balaban J connectivity index is 0.00000576. The van der Waals surface area contributed by atoms with Crippen molar-refractivity contribution < 1.29 is 18.3 Å². The zero-order valence-corrected chi connectivity index (χ0v) is 17.0. The van der Waals surface area contributed by atoms with E-state index in [4.69, 9.17) is 4.74 Å². The van der Waals surface area contributed by atoms with Crippen LogP contribution in [0.3, 0.4) is 0 Å². The van der Waals surface area contributed by atoms with Gasteiger partial charge in [0.15, 0.2) is 17.5 Å². The number of rotatable bonds is 8. The molecule has 0 radical (unpaired) electrons. The van der Waals surface area contributed by atoms with E-state index >= 15 is 0 Å². The number of hydrogen-bond acceptors (Lipinski definition) is 3. The van der Waals surface area contributed by atoms with E-state index in [1.807, 2.05) is 6.92 Å². The zero-order chi connectivity index (χ0) is 17.9. The highest BCUT2D eigenvalue weighted by Crippen LogP contribution is 2.17. The highest BCUT2D eigenvalue weighted by Gasteiger charge is 2.06. The number of likely N-dealkylation sites (N-methyl/N-ethyl adjacent to an activating group) is 1. The van der Waals surface area contributed by atoms with Gasteiger partial charge in [-0.2, -0.15) is 0 Å². The minimum atomic E-state index is -0.746. The molecule has 0 aliphatic heterocycles. The molecule has 2 N–H and O–H groups in total. The zero-order valence-electron chi connectivity index (χ0n) is 14.6. The minimum Gasteiger partial charge on any atom is -0.489 e. The van der Waals surface area contributed by atoms with Crippen LogP contribution in [0.1, 0.15) is 13.3 Å². The second-order valence-corrected chi connectivity index (χ2v) is 5.23. The predicted molar refractivity (Wildman–Crippen MR) is 105 cm³/mol. The first-order valence-corrected chi connectivity index (χ1v) is 7.74. The van der Waals surface area contributed by atoms with E-state index in [1.165, 1.54) is 11.0 Å². The molecule has 0 saturated carbocycles. The third-order valence-corrected chi connectivity index (χ3v) is 2.96. The summed E-state index contributed by atoms with van der Waals surface area (Å²) in [5, 5.41) is 6.07. The third-order valence-electron chi connectivity index (χ3n) is 2.96. The molecule has 25 heavy (non-hydrogen) atoms. The number of benzene rings is 1. The van der Waals surface area contributed by atoms with Crippen LogP contribution < -0.4 is 15.4 Å². The fourth-order valence-electron chi connectivity index (χ4n) is 1.63. The first-order valence-electron chi connectivity index (χ1n) is 7.74. The summed E-state index contributed by atoms with van der Waals surface area (Å²) in [5.41, 5.74) is 0. The number of amides is 1. The summed E-state index contributed by atoms with van der Waals surface area (Å²) in [6.45, 7) is 3.25. The van der Waals surface area contributed by atoms with E-state index in [2.05, 4.69) is 15.6 Å². The molecule has 0 spiro atoms. The van der Waals surface area contributed by atoms with Gasteiger partial charge < -0.3 is 20.3 Å². The Bertz CT molecular complexity index is 571. The average Bonchev–Trinajstić information content (AvgIpc) is 2.54. The lowest BCUT2D eigenvalue weighted by Crippen LogP contribution is -2.40. The molecule has 0 aliphatic rings. The molecular formula is C16H25F2IN4O2. The number of carbonyl (C=O) groups excluding carboxylic acids is 1. The normalized spacial score (nSPS) is 10.7. The van der Waals surface area contributed by atoms with Crippen molar-refractivity contribution >= 4 is 35.8 Å². The van der Waals surface area contributed by atoms with Crippen LogP contribution in [0.15, 0.2) is 23.2 Å². The molecule has 0 saturated heterocycles. The molecule has 1 rings (SSSR count). The van der Waals surface area contributed by atoms with Gasteiger partial charge in [-0.15, -0.1) is 24.0 Å². The number of halogens is 3. The fraction of sp³-hybridized carbons (Fsp3) is 0.500. The largest absolute Gasteiger partial charge is 0.489 e. The summed E-state index contributed by atoms with van der Waals surface area (Å²) in [7, 11) is 3.32. The van der Waals surface area contributed by atoms with Crippen molar-refractivity contribution in [3.05, 3.63) is 29.8 Å². The predicted octanol–water partition coefficient (Wildman–Crippen LogP) is 2.00. The Morgan fingerprint density at radius 1 is 1.24 bits per heavy atom. The van der Waals surface area contributed by atoms with Crippen LogP contribution >= 0.6 is 24.0 Å². The Morgan fingerprint density at radius 3 is 2.52 bits per heavy atom. The minimum absolute atomic E-state index is 0. The maximum atomic E-state index is 13.4. The van der Waals surface area contributed by atoms with E-state index < -0.39 is 11.6 Å². The quantitative estimate of drug-likeness (QED) is 0.264. The Labute approximate surface area is 164 Å². The second kappa shape index (κ2) is 12.7. The van der Waals surface area contributed by atoms with Crippen LogP contribution in [-0.2, 0) is 4.79 Å². The molecule has 142 valence electrons. The van der Waals surface area contributed by atoms with E-state index in [-0.39, 0.29) is 48.8 Å². The summed E-state index contributed by atoms with van der Waals surface area (Å²) in [6, 6.07) is 3.14. The number of carbonyl (C=O) groups is 1. The number of guanidine groups is 1. The van der Waals surface area contributed by atoms with E-state index in [0.29, 0.717) is 19.0 Å². The number of aliphatic imine (C=N–C) groups is 1. The molecule has 0 fully saturated rings. The third kappa shape index (κ3) is 9.42. The van der Waals surface area contributed by atoms with Gasteiger partial charge in [-0.25, -0.2) is 13.8 Å². The molecule has 6 nitrogen and oxygen atoms in total. The molecule has 1 amide bonds. The molecule has 0 aromatic heterocycles. The highest BCUT2D eigenvalue weighted by molar-refractivity contribution is 14.0. The molecule has 1 aromatic rings. The first-order chi connectivity index (χ1) is 11.4. The fourth-order valence-corrected chi connectivity index (χ4v) is 1.63. The molecule has 0 heterocycles. The maximum absolute atomic E-state index is 13.4. The number of ether oxygens (including phenoxy) is 1. The Kier molecular flexibility index (Phi) is 11.8. The first kappa shape index (κ1) is 23.4. The smallest absolute Gasteiger partial charge is 0.243 e. The standard InChI is InChI=1S/C16H24F2N4O2.HI/c1-4-7-19-16(21-11-15(23)22(2)3)20-8-9-24-14-6-5-12(17)10-13(14)18;/h5-6,10H,4,7-9,11H2,1-3H3,(H2,19,20,21);1H. The van der Waals surface area contributed by atoms with E-state index in [0.717, 1.165) is 18.6 Å². The molecule has 9 heteroatoms. The van der Waals surface area contributed by atoms with Crippen molar-refractivity contribution in [3.63, 3.8) is 0 Å². The highest BCUT2D eigenvalue weighted by atomic mass is 127. The molecule has 0 aliphatic carbocycles. The topological polar surface area (TPSA) is 66.0 Å². The van der Waals surface area contributed by atoms with Gasteiger partial charge in [0.2, 0.25) is 5.91 Å². The van der Waals surface area contributed by atoms with Gasteiger partial charge in [0.05, 0.1) is 6.54 Å². The van der Waals surface area contributed by atoms with Crippen molar-refractivity contribution in [1.29, 1.82) is 0 Å². The van der Waals surface area contributed by atoms with Crippen LogP contribution in [0.2, 0.25) is 0 Å². The van der Waals surface area contributed by atoms with Gasteiger partial charge in [-0.1, -0.05) is 6.92 Å². The summed E-state index contributed by atoms with van der Waals surface area (Å²) < 4.78 is 31.5. The maximum Gasteiger partial charge on any atom is 0.243 e. The number of nitrogens with zero attached hydrogens (tertiary/aromatic N) is 2. The lowest BCUT2D eigenvalue weighted by Gasteiger charge is -2.14. The van der Waals surface area contributed by atoms with Gasteiger partial charge in [0, 0.05) is 26.7 Å². The van der Waals surface area contributed by atoms with Gasteiger partial charge in [-0.05, 0) is 18.6 Å². The monoisotopic (exact) mass is 470 g/mol. The van der Waals surface area contributed by atoms with Crippen molar-refractivity contribution in [2.75, 3.05) is 40.3 Å². The van der Waals surface area contributed by atoms with Crippen LogP contribution in [-0.4, -0.2) is 57.1 Å². The molecule has 1 aromatic carbocycles. The second-order valence-electron chi connectivity index (χ2n) is 5.23. The summed E-state index contributed by atoms with van der Waals surface area (Å²) in [5.74, 6) is -1.04. The number of hydrogen-bond donors (Lipinski definition) is 2. The van der Waals surface area contributed by atoms with Gasteiger partial charge in [0.25, 0.3) is 0 Å². The van der Waals surface area contributed by atoms with Crippen molar-refractivity contribution in [1.82, 2.24) is 15.5 Å². The molecule has 0 unspecified atom stereocenters. The van der Waals surface area contributed by atoms with Crippen LogP contribution in [0.25, 0.3) is 0 Å². The van der Waals surface area contributed by atoms with Gasteiger partial charge >= 0.3 is 0 Å². The average molecular weight is 470 g/mol. The van der Waals surface area contributed by atoms with Crippen LogP contribution in [0.4, 0.5) is 8.78 Å². The van der Waals surface area contributed by atoms with E-state index in [9.17, 15) is 13.6 Å². The van der Waals surface area contributed by atoms with Crippen molar-refractivity contribution in [2.45, 2.75) is 13.3 Å². The molecule has 0 bridgehead atoms. The summed E-state index contributed by atoms with van der Waals surface area (Å²) in [4.78, 5) is 17.2. The van der Waals surface area contributed by atoms with Gasteiger partial charge in [-0.3, -0.25) is 4.79 Å². The van der Waals surface area contributed by atoms with E-state index in [1.54, 1.807) is 14.1 Å². The SMILES string of the molecule is CCCNC(=NCC(=O)N(C)C)NCCOc1ccc(F)cc1F.I. The molecule has 0 atom stereocenters. The van der Waals surface area contributed by atoms with Crippen molar-refractivity contribution in [3.8, 4) is 5.75 Å². The van der Waals surface area contributed by atoms with Crippen LogP contribution in [0.5, 0.6) is 5.75 Å². The lowest BCUT2D eigenvalue weighted by atomic mass is 10.3. The summed E-state index contributed by atoms with van der Waals surface area (Å²) in [6.07, 6.45) is 0.902.